The molecule has 8 heteroatoms. The molecule has 3 N–H and O–H groups in total. The number of aromatic nitrogens is 3. The van der Waals surface area contributed by atoms with Gasteiger partial charge in [-0.25, -0.2) is 14.9 Å². The van der Waals surface area contributed by atoms with Crippen LogP contribution in [0, 0.1) is 12.7 Å². The third-order valence-electron chi connectivity index (χ3n) is 2.62. The lowest BCUT2D eigenvalue weighted by Gasteiger charge is -2.08. The molecule has 20 heavy (non-hydrogen) atoms. The number of nitrogen functional groups attached to an aromatic ring is 1. The Balaban J connectivity index is 1.89. The summed E-state index contributed by atoms with van der Waals surface area (Å²) in [5.41, 5.74) is 2.81. The van der Waals surface area contributed by atoms with Gasteiger partial charge in [-0.2, -0.15) is 0 Å². The summed E-state index contributed by atoms with van der Waals surface area (Å²) in [5.74, 6) is 4.78. The maximum Gasteiger partial charge on any atom is 0.287 e. The zero-order valence-electron chi connectivity index (χ0n) is 10.8. The van der Waals surface area contributed by atoms with Crippen molar-refractivity contribution in [2.45, 2.75) is 13.5 Å². The van der Waals surface area contributed by atoms with Gasteiger partial charge in [-0.05, 0) is 30.7 Å². The van der Waals surface area contributed by atoms with E-state index < -0.39 is 5.91 Å². The van der Waals surface area contributed by atoms with Gasteiger partial charge >= 0.3 is 0 Å². The first-order valence-corrected chi connectivity index (χ1v) is 5.90. The second kappa shape index (κ2) is 6.11. The van der Waals surface area contributed by atoms with Gasteiger partial charge in [0, 0.05) is 0 Å². The van der Waals surface area contributed by atoms with E-state index >= 15 is 0 Å². The van der Waals surface area contributed by atoms with Crippen molar-refractivity contribution in [2.75, 3.05) is 6.61 Å². The molecular weight excluding hydrogens is 265 g/mol. The van der Waals surface area contributed by atoms with Gasteiger partial charge in [0.2, 0.25) is 0 Å². The normalized spacial score (nSPS) is 10.3. The molecule has 1 heterocycles. The first-order valence-electron chi connectivity index (χ1n) is 5.90. The molecule has 106 valence electrons. The highest BCUT2D eigenvalue weighted by Gasteiger charge is 2.08. The van der Waals surface area contributed by atoms with E-state index in [9.17, 15) is 9.18 Å². The first kappa shape index (κ1) is 13.9. The zero-order chi connectivity index (χ0) is 14.5. The number of nitrogens with two attached hydrogens (primary N) is 1. The van der Waals surface area contributed by atoms with Crippen molar-refractivity contribution in [3.63, 3.8) is 0 Å². The van der Waals surface area contributed by atoms with Crippen molar-refractivity contribution in [2.24, 2.45) is 5.84 Å². The van der Waals surface area contributed by atoms with E-state index in [0.717, 1.165) is 0 Å². The molecule has 0 aliphatic heterocycles. The molecule has 0 radical (unpaired) electrons. The van der Waals surface area contributed by atoms with Crippen LogP contribution in [0.4, 0.5) is 4.39 Å². The lowest BCUT2D eigenvalue weighted by Crippen LogP contribution is -2.30. The van der Waals surface area contributed by atoms with Crippen LogP contribution in [0.1, 0.15) is 16.1 Å². The molecule has 1 amide bonds. The van der Waals surface area contributed by atoms with Crippen LogP contribution in [0.3, 0.4) is 0 Å². The minimum Gasteiger partial charge on any atom is -0.491 e. The largest absolute Gasteiger partial charge is 0.491 e. The fourth-order valence-electron chi connectivity index (χ4n) is 1.61. The van der Waals surface area contributed by atoms with Gasteiger partial charge in [-0.1, -0.05) is 5.21 Å². The Kier molecular flexibility index (Phi) is 4.26. The van der Waals surface area contributed by atoms with Crippen LogP contribution in [0.5, 0.6) is 5.75 Å². The molecule has 0 fully saturated rings. The van der Waals surface area contributed by atoms with Gasteiger partial charge in [0.05, 0.1) is 12.7 Å². The number of halogens is 1. The van der Waals surface area contributed by atoms with E-state index in [2.05, 4.69) is 10.3 Å². The summed E-state index contributed by atoms with van der Waals surface area (Å²) in [6.07, 6.45) is 1.46. The number of benzene rings is 1. The number of nitrogens with zero attached hydrogens (tertiary/aromatic N) is 3. The molecule has 2 rings (SSSR count). The number of rotatable bonds is 5. The SMILES string of the molecule is Cc1cc(F)ccc1OCCn1cc(C(=O)NN)nn1. The Morgan fingerprint density at radius 2 is 2.35 bits per heavy atom. The van der Waals surface area contributed by atoms with Crippen molar-refractivity contribution in [1.82, 2.24) is 20.4 Å². The molecule has 0 unspecified atom stereocenters. The third kappa shape index (κ3) is 3.29. The van der Waals surface area contributed by atoms with Crippen molar-refractivity contribution >= 4 is 5.91 Å². The molecule has 7 nitrogen and oxygen atoms in total. The molecular formula is C12H14FN5O2. The second-order valence-electron chi connectivity index (χ2n) is 4.10. The van der Waals surface area contributed by atoms with Crippen molar-refractivity contribution in [3.8, 4) is 5.75 Å². The second-order valence-corrected chi connectivity index (χ2v) is 4.10. The fourth-order valence-corrected chi connectivity index (χ4v) is 1.61. The third-order valence-corrected chi connectivity index (χ3v) is 2.62. The maximum atomic E-state index is 12.9. The molecule has 0 spiro atoms. The Morgan fingerprint density at radius 1 is 1.55 bits per heavy atom. The molecule has 2 aromatic rings. The van der Waals surface area contributed by atoms with Gasteiger partial charge in [0.15, 0.2) is 5.69 Å². The number of hydrogen-bond acceptors (Lipinski definition) is 5. The molecule has 0 saturated heterocycles. The lowest BCUT2D eigenvalue weighted by atomic mass is 10.2. The van der Waals surface area contributed by atoms with Crippen LogP contribution in [0.2, 0.25) is 0 Å². The molecule has 0 aliphatic carbocycles. The monoisotopic (exact) mass is 279 g/mol. The summed E-state index contributed by atoms with van der Waals surface area (Å²) in [7, 11) is 0. The van der Waals surface area contributed by atoms with Crippen molar-refractivity contribution < 1.29 is 13.9 Å². The Hall–Kier alpha value is -2.48. The predicted octanol–water partition coefficient (Wildman–Crippen LogP) is 0.408. The van der Waals surface area contributed by atoms with E-state index in [1.54, 1.807) is 13.0 Å². The summed E-state index contributed by atoms with van der Waals surface area (Å²) in [5, 5.41) is 7.42. The summed E-state index contributed by atoms with van der Waals surface area (Å²) in [6.45, 7) is 2.48. The number of carbonyl (C=O) groups is 1. The zero-order valence-corrected chi connectivity index (χ0v) is 10.8. The minimum absolute atomic E-state index is 0.130. The van der Waals surface area contributed by atoms with Crippen LogP contribution in [0.25, 0.3) is 0 Å². The quantitative estimate of drug-likeness (QED) is 0.469. The molecule has 0 aliphatic rings. The summed E-state index contributed by atoms with van der Waals surface area (Å²) < 4.78 is 19.9. The average molecular weight is 279 g/mol. The standard InChI is InChI=1S/C12H14FN5O2/c1-8-6-9(13)2-3-11(8)20-5-4-18-7-10(16-17-18)12(19)15-14/h2-3,6-7H,4-5,14H2,1H3,(H,15,19). The molecule has 1 aromatic carbocycles. The Morgan fingerprint density at radius 3 is 3.05 bits per heavy atom. The predicted molar refractivity (Wildman–Crippen MR) is 68.3 cm³/mol. The summed E-state index contributed by atoms with van der Waals surface area (Å²) in [4.78, 5) is 11.2. The first-order chi connectivity index (χ1) is 9.60. The van der Waals surface area contributed by atoms with Crippen molar-refractivity contribution in [3.05, 3.63) is 41.5 Å². The van der Waals surface area contributed by atoms with Crippen molar-refractivity contribution in [1.29, 1.82) is 0 Å². The minimum atomic E-state index is -0.508. The number of hydrogen-bond donors (Lipinski definition) is 2. The molecule has 0 atom stereocenters. The van der Waals surface area contributed by atoms with Gasteiger partial charge in [-0.15, -0.1) is 5.10 Å². The van der Waals surface area contributed by atoms with Gasteiger partial charge < -0.3 is 4.74 Å². The van der Waals surface area contributed by atoms with E-state index in [1.165, 1.54) is 23.0 Å². The number of aryl methyl sites for hydroxylation is 1. The highest BCUT2D eigenvalue weighted by Crippen LogP contribution is 2.18. The number of hydrazine groups is 1. The van der Waals surface area contributed by atoms with E-state index in [-0.39, 0.29) is 11.5 Å². The Bertz CT molecular complexity index is 614. The molecule has 0 bridgehead atoms. The van der Waals surface area contributed by atoms with Crippen LogP contribution < -0.4 is 16.0 Å². The smallest absolute Gasteiger partial charge is 0.287 e. The van der Waals surface area contributed by atoms with E-state index in [1.807, 2.05) is 5.43 Å². The molecule has 1 aromatic heterocycles. The maximum absolute atomic E-state index is 12.9. The Labute approximate surface area is 114 Å². The van der Waals surface area contributed by atoms with Crippen LogP contribution in [0.15, 0.2) is 24.4 Å². The highest BCUT2D eigenvalue weighted by atomic mass is 19.1. The van der Waals surface area contributed by atoms with Gasteiger partial charge in [0.1, 0.15) is 18.2 Å². The van der Waals surface area contributed by atoms with Crippen LogP contribution in [-0.4, -0.2) is 27.5 Å². The average Bonchev–Trinajstić information content (AvgIpc) is 2.89. The van der Waals surface area contributed by atoms with E-state index in [0.29, 0.717) is 24.5 Å². The number of nitrogens with one attached hydrogen (secondary N) is 1. The summed E-state index contributed by atoms with van der Waals surface area (Å²) in [6, 6.07) is 4.30. The van der Waals surface area contributed by atoms with Crippen LogP contribution >= 0.6 is 0 Å². The van der Waals surface area contributed by atoms with E-state index in [4.69, 9.17) is 10.6 Å². The topological polar surface area (TPSA) is 95.1 Å². The van der Waals surface area contributed by atoms with Gasteiger partial charge in [-0.3, -0.25) is 10.2 Å². The summed E-state index contributed by atoms with van der Waals surface area (Å²) >= 11 is 0. The number of amides is 1. The van der Waals surface area contributed by atoms with Crippen LogP contribution in [-0.2, 0) is 6.54 Å². The number of ether oxygens (including phenoxy) is 1. The number of carbonyl (C=O) groups excluding carboxylic acids is 1. The van der Waals surface area contributed by atoms with Gasteiger partial charge in [0.25, 0.3) is 5.91 Å². The fraction of sp³-hybridized carbons (Fsp3) is 0.250. The highest BCUT2D eigenvalue weighted by molar-refractivity contribution is 5.91. The molecule has 0 saturated carbocycles. The lowest BCUT2D eigenvalue weighted by molar-refractivity contribution is 0.0948.